The van der Waals surface area contributed by atoms with Gasteiger partial charge >= 0.3 is 12.0 Å². The van der Waals surface area contributed by atoms with Crippen LogP contribution in [-0.2, 0) is 9.53 Å². The van der Waals surface area contributed by atoms with E-state index in [2.05, 4.69) is 10.3 Å². The van der Waals surface area contributed by atoms with E-state index in [1.165, 1.54) is 13.3 Å². The number of carboxylic acids is 1. The average Bonchev–Trinajstić information content (AvgIpc) is 2.45. The summed E-state index contributed by atoms with van der Waals surface area (Å²) in [5, 5.41) is 11.4. The number of hydrogen-bond acceptors (Lipinski definition) is 5. The van der Waals surface area contributed by atoms with Gasteiger partial charge in [0.25, 0.3) is 0 Å². The molecule has 0 spiro atoms. The molecule has 0 radical (unpaired) electrons. The predicted octanol–water partition coefficient (Wildman–Crippen LogP) is 1.05. The van der Waals surface area contributed by atoms with Crippen LogP contribution in [0.15, 0.2) is 18.3 Å². The zero-order valence-electron chi connectivity index (χ0n) is 12.0. The summed E-state index contributed by atoms with van der Waals surface area (Å²) in [5.74, 6) is -0.636. The van der Waals surface area contributed by atoms with E-state index in [0.29, 0.717) is 18.2 Å². The summed E-state index contributed by atoms with van der Waals surface area (Å²) in [6, 6.07) is 2.72. The normalized spacial score (nSPS) is 10.0. The number of nitrogens with zero attached hydrogens (tertiary/aromatic N) is 2. The number of methoxy groups -OCH3 is 1. The number of aromatic nitrogens is 1. The molecular formula is C13H19N3O5. The van der Waals surface area contributed by atoms with Crippen LogP contribution in [0.1, 0.15) is 6.92 Å². The van der Waals surface area contributed by atoms with Gasteiger partial charge in [0.2, 0.25) is 5.88 Å². The Kier molecular flexibility index (Phi) is 6.96. The fourth-order valence-electron chi connectivity index (χ4n) is 1.51. The molecule has 0 saturated carbocycles. The smallest absolute Gasteiger partial charge is 0.323 e. The Morgan fingerprint density at radius 2 is 2.19 bits per heavy atom. The minimum Gasteiger partial charge on any atom is -0.480 e. The third-order valence-electron chi connectivity index (χ3n) is 2.46. The number of urea groups is 1. The van der Waals surface area contributed by atoms with Crippen LogP contribution in [0.2, 0.25) is 0 Å². The van der Waals surface area contributed by atoms with Crippen molar-refractivity contribution in [1.29, 1.82) is 0 Å². The maximum atomic E-state index is 12.0. The number of amides is 2. The van der Waals surface area contributed by atoms with E-state index >= 15 is 0 Å². The number of pyridine rings is 1. The average molecular weight is 297 g/mol. The van der Waals surface area contributed by atoms with Crippen LogP contribution >= 0.6 is 0 Å². The van der Waals surface area contributed by atoms with Crippen LogP contribution in [0, 0.1) is 0 Å². The van der Waals surface area contributed by atoms with Gasteiger partial charge in [-0.1, -0.05) is 0 Å². The molecule has 0 bridgehead atoms. The third-order valence-corrected chi connectivity index (χ3v) is 2.46. The molecule has 2 N–H and O–H groups in total. The lowest BCUT2D eigenvalue weighted by Gasteiger charge is -2.20. The van der Waals surface area contributed by atoms with Crippen molar-refractivity contribution in [1.82, 2.24) is 9.88 Å². The van der Waals surface area contributed by atoms with Crippen LogP contribution in [0.25, 0.3) is 0 Å². The Morgan fingerprint density at radius 3 is 2.71 bits per heavy atom. The van der Waals surface area contributed by atoms with Crippen molar-refractivity contribution in [2.75, 3.05) is 38.7 Å². The van der Waals surface area contributed by atoms with E-state index in [0.717, 1.165) is 4.90 Å². The van der Waals surface area contributed by atoms with Crippen LogP contribution in [-0.4, -0.2) is 60.4 Å². The predicted molar refractivity (Wildman–Crippen MR) is 75.5 cm³/mol. The minimum atomic E-state index is -1.09. The largest absolute Gasteiger partial charge is 0.480 e. The Morgan fingerprint density at radius 1 is 1.43 bits per heavy atom. The van der Waals surface area contributed by atoms with Gasteiger partial charge in [0.15, 0.2) is 0 Å². The quantitative estimate of drug-likeness (QED) is 0.743. The maximum absolute atomic E-state index is 12.0. The molecule has 1 heterocycles. The maximum Gasteiger partial charge on any atom is 0.323 e. The highest BCUT2D eigenvalue weighted by molar-refractivity contribution is 5.91. The molecule has 0 fully saturated rings. The third kappa shape index (κ3) is 6.09. The molecule has 8 nitrogen and oxygen atoms in total. The molecule has 0 aliphatic carbocycles. The molecule has 0 aliphatic heterocycles. The van der Waals surface area contributed by atoms with Crippen molar-refractivity contribution in [2.24, 2.45) is 0 Å². The minimum absolute atomic E-state index is 0.180. The summed E-state index contributed by atoms with van der Waals surface area (Å²) >= 11 is 0. The van der Waals surface area contributed by atoms with Gasteiger partial charge in [-0.3, -0.25) is 4.79 Å². The molecule has 1 rings (SSSR count). The number of nitrogens with one attached hydrogen (secondary N) is 1. The van der Waals surface area contributed by atoms with Crippen molar-refractivity contribution < 1.29 is 24.2 Å². The zero-order chi connectivity index (χ0) is 15.7. The molecule has 1 aromatic rings. The first-order chi connectivity index (χ1) is 10.1. The van der Waals surface area contributed by atoms with Crippen LogP contribution in [0.4, 0.5) is 10.5 Å². The Bertz CT molecular complexity index is 463. The summed E-state index contributed by atoms with van der Waals surface area (Å²) in [5.41, 5.74) is 0.455. The van der Waals surface area contributed by atoms with Gasteiger partial charge in [-0.25, -0.2) is 9.78 Å². The number of carboxylic acid groups (broad SMARTS) is 1. The number of carbonyl (C=O) groups is 2. The Balaban J connectivity index is 2.64. The molecular weight excluding hydrogens is 278 g/mol. The number of anilines is 1. The first-order valence-corrected chi connectivity index (χ1v) is 6.42. The van der Waals surface area contributed by atoms with E-state index < -0.39 is 18.5 Å². The van der Waals surface area contributed by atoms with Gasteiger partial charge in [0.05, 0.1) is 25.1 Å². The van der Waals surface area contributed by atoms with Crippen LogP contribution < -0.4 is 10.1 Å². The van der Waals surface area contributed by atoms with Crippen LogP contribution in [0.3, 0.4) is 0 Å². The number of rotatable bonds is 8. The van der Waals surface area contributed by atoms with Crippen molar-refractivity contribution in [3.8, 4) is 5.88 Å². The molecule has 1 aromatic heterocycles. The summed E-state index contributed by atoms with van der Waals surface area (Å²) in [6.45, 7) is 2.38. The fourth-order valence-corrected chi connectivity index (χ4v) is 1.51. The monoisotopic (exact) mass is 297 g/mol. The summed E-state index contributed by atoms with van der Waals surface area (Å²) in [6.07, 6.45) is 1.44. The number of ether oxygens (including phenoxy) is 2. The first-order valence-electron chi connectivity index (χ1n) is 6.42. The van der Waals surface area contributed by atoms with Gasteiger partial charge in [-0.2, -0.15) is 0 Å². The highest BCUT2D eigenvalue weighted by Gasteiger charge is 2.16. The van der Waals surface area contributed by atoms with E-state index in [1.54, 1.807) is 12.1 Å². The van der Waals surface area contributed by atoms with Crippen molar-refractivity contribution in [3.63, 3.8) is 0 Å². The molecule has 2 amide bonds. The Labute approximate surface area is 122 Å². The summed E-state index contributed by atoms with van der Waals surface area (Å²) in [7, 11) is 1.48. The summed E-state index contributed by atoms with van der Waals surface area (Å²) in [4.78, 5) is 27.9. The lowest BCUT2D eigenvalue weighted by Crippen LogP contribution is -2.40. The highest BCUT2D eigenvalue weighted by Crippen LogP contribution is 2.12. The Hall–Kier alpha value is -2.35. The second-order valence-corrected chi connectivity index (χ2v) is 4.06. The SMILES string of the molecule is CCOc1ccc(NC(=O)N(CCOC)CC(=O)O)cn1. The van der Waals surface area contributed by atoms with E-state index in [1.807, 2.05) is 6.92 Å². The standard InChI is InChI=1S/C13H19N3O5/c1-3-21-11-5-4-10(8-14-11)15-13(19)16(6-7-20-2)9-12(17)18/h4-5,8H,3,6-7,9H2,1-2H3,(H,15,19)(H,17,18). The van der Waals surface area contributed by atoms with Gasteiger partial charge in [-0.05, 0) is 13.0 Å². The molecule has 0 atom stereocenters. The van der Waals surface area contributed by atoms with Gasteiger partial charge < -0.3 is 24.8 Å². The number of hydrogen-bond donors (Lipinski definition) is 2. The van der Waals surface area contributed by atoms with Gasteiger partial charge in [0.1, 0.15) is 6.54 Å². The lowest BCUT2D eigenvalue weighted by atomic mass is 10.4. The molecule has 116 valence electrons. The molecule has 0 saturated heterocycles. The second kappa shape index (κ2) is 8.75. The lowest BCUT2D eigenvalue weighted by molar-refractivity contribution is -0.137. The van der Waals surface area contributed by atoms with E-state index in [4.69, 9.17) is 14.6 Å². The van der Waals surface area contributed by atoms with Crippen LogP contribution in [0.5, 0.6) is 5.88 Å². The zero-order valence-corrected chi connectivity index (χ0v) is 12.0. The van der Waals surface area contributed by atoms with Gasteiger partial charge in [-0.15, -0.1) is 0 Å². The van der Waals surface area contributed by atoms with Crippen molar-refractivity contribution in [2.45, 2.75) is 6.92 Å². The van der Waals surface area contributed by atoms with E-state index in [9.17, 15) is 9.59 Å². The van der Waals surface area contributed by atoms with Crippen molar-refractivity contribution >= 4 is 17.7 Å². The molecule has 8 heteroatoms. The molecule has 21 heavy (non-hydrogen) atoms. The first kappa shape index (κ1) is 16.7. The second-order valence-electron chi connectivity index (χ2n) is 4.06. The van der Waals surface area contributed by atoms with E-state index in [-0.39, 0.29) is 13.2 Å². The van der Waals surface area contributed by atoms with Gasteiger partial charge in [0, 0.05) is 19.7 Å². The van der Waals surface area contributed by atoms with Crippen molar-refractivity contribution in [3.05, 3.63) is 18.3 Å². The molecule has 0 aromatic carbocycles. The fraction of sp³-hybridized carbons (Fsp3) is 0.462. The number of carbonyl (C=O) groups excluding carboxylic acids is 1. The number of aliphatic carboxylic acids is 1. The topological polar surface area (TPSA) is 101 Å². The molecule has 0 unspecified atom stereocenters. The summed E-state index contributed by atoms with van der Waals surface area (Å²) < 4.78 is 10.0. The highest BCUT2D eigenvalue weighted by atomic mass is 16.5. The molecule has 0 aliphatic rings.